The van der Waals surface area contributed by atoms with Crippen LogP contribution in [0.5, 0.6) is 5.75 Å². The third-order valence-electron chi connectivity index (χ3n) is 3.86. The summed E-state index contributed by atoms with van der Waals surface area (Å²) in [5, 5.41) is 4.18. The Labute approximate surface area is 121 Å². The van der Waals surface area contributed by atoms with Crippen molar-refractivity contribution in [2.24, 2.45) is 0 Å². The van der Waals surface area contributed by atoms with Crippen LogP contribution in [-0.4, -0.2) is 18.7 Å². The van der Waals surface area contributed by atoms with Gasteiger partial charge in [0.2, 0.25) is 0 Å². The Morgan fingerprint density at radius 1 is 1.32 bits per heavy atom. The monoisotopic (exact) mass is 281 g/mol. The normalized spacial score (nSPS) is 17.0. The Morgan fingerprint density at radius 3 is 2.68 bits per heavy atom. The van der Waals surface area contributed by atoms with Crippen LogP contribution in [0, 0.1) is 6.92 Å². The highest BCUT2D eigenvalue weighted by molar-refractivity contribution is 6.32. The molecule has 19 heavy (non-hydrogen) atoms. The molecule has 1 saturated carbocycles. The van der Waals surface area contributed by atoms with E-state index in [0.717, 1.165) is 43.1 Å². The molecule has 0 atom stereocenters. The number of benzene rings is 1. The van der Waals surface area contributed by atoms with Crippen LogP contribution in [0.25, 0.3) is 0 Å². The van der Waals surface area contributed by atoms with Gasteiger partial charge in [0, 0.05) is 0 Å². The maximum Gasteiger partial charge on any atom is 0.138 e. The molecule has 1 aromatic carbocycles. The van der Waals surface area contributed by atoms with Crippen LogP contribution in [-0.2, 0) is 0 Å². The number of ether oxygens (including phenoxy) is 1. The summed E-state index contributed by atoms with van der Waals surface area (Å²) in [6, 6.07) is 6.03. The standard InChI is InChI=1S/C16H24ClNO/c1-3-10-18-11-9-16(7-4-8-16)19-15-6-5-13(2)12-14(15)17/h5-6,12,18H,3-4,7-11H2,1-2H3. The zero-order valence-electron chi connectivity index (χ0n) is 12.0. The van der Waals surface area contributed by atoms with Gasteiger partial charge in [-0.05, 0) is 69.8 Å². The van der Waals surface area contributed by atoms with E-state index >= 15 is 0 Å². The number of halogens is 1. The predicted octanol–water partition coefficient (Wildman–Crippen LogP) is 4.34. The lowest BCUT2D eigenvalue weighted by atomic mass is 9.77. The molecule has 0 unspecified atom stereocenters. The van der Waals surface area contributed by atoms with Crippen LogP contribution in [0.4, 0.5) is 0 Å². The molecule has 0 amide bonds. The molecule has 0 radical (unpaired) electrons. The third kappa shape index (κ3) is 3.87. The van der Waals surface area contributed by atoms with Gasteiger partial charge in [-0.15, -0.1) is 0 Å². The molecule has 3 heteroatoms. The number of hydrogen-bond acceptors (Lipinski definition) is 2. The first kappa shape index (κ1) is 14.7. The first-order valence-electron chi connectivity index (χ1n) is 7.31. The van der Waals surface area contributed by atoms with E-state index in [0.29, 0.717) is 0 Å². The Bertz CT molecular complexity index is 415. The minimum Gasteiger partial charge on any atom is -0.486 e. The van der Waals surface area contributed by atoms with Crippen molar-refractivity contribution < 1.29 is 4.74 Å². The molecule has 2 rings (SSSR count). The molecule has 0 spiro atoms. The lowest BCUT2D eigenvalue weighted by molar-refractivity contribution is -0.0141. The lowest BCUT2D eigenvalue weighted by Crippen LogP contribution is -2.45. The van der Waals surface area contributed by atoms with Gasteiger partial charge in [0.1, 0.15) is 11.4 Å². The van der Waals surface area contributed by atoms with Crippen molar-refractivity contribution in [3.63, 3.8) is 0 Å². The number of aryl methyl sites for hydroxylation is 1. The fourth-order valence-corrected chi connectivity index (χ4v) is 2.79. The summed E-state index contributed by atoms with van der Waals surface area (Å²) in [4.78, 5) is 0. The maximum atomic E-state index is 6.26. The lowest BCUT2D eigenvalue weighted by Gasteiger charge is -2.42. The quantitative estimate of drug-likeness (QED) is 0.751. The zero-order valence-corrected chi connectivity index (χ0v) is 12.7. The number of hydrogen-bond donors (Lipinski definition) is 1. The Balaban J connectivity index is 1.94. The molecule has 1 aromatic rings. The molecule has 106 valence electrons. The highest BCUT2D eigenvalue weighted by atomic mass is 35.5. The van der Waals surface area contributed by atoms with Crippen molar-refractivity contribution >= 4 is 11.6 Å². The topological polar surface area (TPSA) is 21.3 Å². The van der Waals surface area contributed by atoms with Crippen molar-refractivity contribution in [2.75, 3.05) is 13.1 Å². The van der Waals surface area contributed by atoms with Crippen LogP contribution in [0.1, 0.15) is 44.6 Å². The minimum absolute atomic E-state index is 0.0135. The summed E-state index contributed by atoms with van der Waals surface area (Å²) >= 11 is 6.26. The van der Waals surface area contributed by atoms with E-state index in [-0.39, 0.29) is 5.60 Å². The molecule has 0 heterocycles. The van der Waals surface area contributed by atoms with Gasteiger partial charge in [0.25, 0.3) is 0 Å². The zero-order chi connectivity index (χ0) is 13.7. The van der Waals surface area contributed by atoms with Crippen LogP contribution in [0.3, 0.4) is 0 Å². The molecule has 1 aliphatic rings. The molecule has 1 N–H and O–H groups in total. The summed E-state index contributed by atoms with van der Waals surface area (Å²) < 4.78 is 6.23. The van der Waals surface area contributed by atoms with Crippen LogP contribution < -0.4 is 10.1 Å². The van der Waals surface area contributed by atoms with Gasteiger partial charge in [-0.1, -0.05) is 24.6 Å². The second-order valence-electron chi connectivity index (χ2n) is 5.57. The average molecular weight is 282 g/mol. The van der Waals surface area contributed by atoms with Crippen molar-refractivity contribution in [3.05, 3.63) is 28.8 Å². The molecule has 1 aliphatic carbocycles. The highest BCUT2D eigenvalue weighted by Gasteiger charge is 2.39. The first-order chi connectivity index (χ1) is 9.15. The van der Waals surface area contributed by atoms with E-state index in [9.17, 15) is 0 Å². The number of rotatable bonds is 7. The van der Waals surface area contributed by atoms with E-state index < -0.39 is 0 Å². The van der Waals surface area contributed by atoms with Crippen molar-refractivity contribution in [2.45, 2.75) is 51.6 Å². The van der Waals surface area contributed by atoms with Crippen LogP contribution in [0.15, 0.2) is 18.2 Å². The fraction of sp³-hybridized carbons (Fsp3) is 0.625. The van der Waals surface area contributed by atoms with E-state index in [2.05, 4.69) is 18.3 Å². The first-order valence-corrected chi connectivity index (χ1v) is 7.69. The SMILES string of the molecule is CCCNCCC1(Oc2ccc(C)cc2Cl)CCC1. The second-order valence-corrected chi connectivity index (χ2v) is 5.98. The average Bonchev–Trinajstić information content (AvgIpc) is 2.34. The molecule has 2 nitrogen and oxygen atoms in total. The summed E-state index contributed by atoms with van der Waals surface area (Å²) in [6.07, 6.45) is 5.79. The molecular weight excluding hydrogens is 258 g/mol. The Hall–Kier alpha value is -0.730. The summed E-state index contributed by atoms with van der Waals surface area (Å²) in [5.74, 6) is 0.836. The van der Waals surface area contributed by atoms with Gasteiger partial charge in [-0.3, -0.25) is 0 Å². The molecular formula is C16H24ClNO. The van der Waals surface area contributed by atoms with Crippen LogP contribution >= 0.6 is 11.6 Å². The van der Waals surface area contributed by atoms with E-state index in [4.69, 9.17) is 16.3 Å². The van der Waals surface area contributed by atoms with Gasteiger partial charge in [0.15, 0.2) is 0 Å². The van der Waals surface area contributed by atoms with Crippen LogP contribution in [0.2, 0.25) is 5.02 Å². The van der Waals surface area contributed by atoms with Gasteiger partial charge in [-0.25, -0.2) is 0 Å². The van der Waals surface area contributed by atoms with Gasteiger partial charge < -0.3 is 10.1 Å². The van der Waals surface area contributed by atoms with Crippen molar-refractivity contribution in [1.29, 1.82) is 0 Å². The smallest absolute Gasteiger partial charge is 0.138 e. The fourth-order valence-electron chi connectivity index (χ4n) is 2.51. The van der Waals surface area contributed by atoms with Crippen molar-refractivity contribution in [3.8, 4) is 5.75 Å². The van der Waals surface area contributed by atoms with E-state index in [1.54, 1.807) is 0 Å². The Morgan fingerprint density at radius 2 is 2.11 bits per heavy atom. The van der Waals surface area contributed by atoms with E-state index in [1.165, 1.54) is 18.4 Å². The predicted molar refractivity (Wildman–Crippen MR) is 81.2 cm³/mol. The summed E-state index contributed by atoms with van der Waals surface area (Å²) in [7, 11) is 0. The van der Waals surface area contributed by atoms with Gasteiger partial charge in [0.05, 0.1) is 5.02 Å². The van der Waals surface area contributed by atoms with Gasteiger partial charge >= 0.3 is 0 Å². The molecule has 0 aliphatic heterocycles. The summed E-state index contributed by atoms with van der Waals surface area (Å²) in [5.41, 5.74) is 1.18. The maximum absolute atomic E-state index is 6.26. The third-order valence-corrected chi connectivity index (χ3v) is 4.16. The minimum atomic E-state index is 0.0135. The second kappa shape index (κ2) is 6.62. The molecule has 0 saturated heterocycles. The summed E-state index contributed by atoms with van der Waals surface area (Å²) in [6.45, 7) is 6.34. The van der Waals surface area contributed by atoms with Gasteiger partial charge in [-0.2, -0.15) is 0 Å². The molecule has 0 bridgehead atoms. The highest BCUT2D eigenvalue weighted by Crippen LogP contribution is 2.41. The van der Waals surface area contributed by atoms with E-state index in [1.807, 2.05) is 19.1 Å². The largest absolute Gasteiger partial charge is 0.486 e. The van der Waals surface area contributed by atoms with Crippen molar-refractivity contribution in [1.82, 2.24) is 5.32 Å². The number of nitrogens with one attached hydrogen (secondary N) is 1. The molecule has 0 aromatic heterocycles. The molecule has 1 fully saturated rings. The Kier molecular flexibility index (Phi) is 5.12.